The lowest BCUT2D eigenvalue weighted by molar-refractivity contribution is 0.628. The molecule has 0 saturated heterocycles. The molecular formula is C26H22FN5. The zero-order chi connectivity index (χ0) is 22.1. The van der Waals surface area contributed by atoms with Crippen molar-refractivity contribution in [2.75, 3.05) is 0 Å². The normalized spacial score (nSPS) is 11.2. The van der Waals surface area contributed by atoms with E-state index in [1.54, 1.807) is 18.3 Å². The van der Waals surface area contributed by atoms with E-state index in [0.717, 1.165) is 63.5 Å². The monoisotopic (exact) mass is 423 g/mol. The van der Waals surface area contributed by atoms with Crippen molar-refractivity contribution in [3.8, 4) is 22.5 Å². The van der Waals surface area contributed by atoms with Gasteiger partial charge in [0, 0.05) is 41.6 Å². The maximum atomic E-state index is 13.3. The van der Waals surface area contributed by atoms with E-state index in [9.17, 15) is 4.39 Å². The third kappa shape index (κ3) is 3.87. The van der Waals surface area contributed by atoms with Crippen molar-refractivity contribution in [3.63, 3.8) is 0 Å². The van der Waals surface area contributed by atoms with Crippen LogP contribution in [0.15, 0.2) is 73.4 Å². The van der Waals surface area contributed by atoms with Gasteiger partial charge in [-0.1, -0.05) is 6.07 Å². The summed E-state index contributed by atoms with van der Waals surface area (Å²) < 4.78 is 15.3. The lowest BCUT2D eigenvalue weighted by Gasteiger charge is -2.09. The van der Waals surface area contributed by atoms with Crippen molar-refractivity contribution in [3.05, 3.63) is 102 Å². The van der Waals surface area contributed by atoms with Gasteiger partial charge in [-0.25, -0.2) is 9.37 Å². The quantitative estimate of drug-likeness (QED) is 0.380. The molecule has 0 spiro atoms. The number of nitrogens with zero attached hydrogens (tertiary/aromatic N) is 5. The van der Waals surface area contributed by atoms with Gasteiger partial charge in [0.15, 0.2) is 5.65 Å². The molecule has 6 heteroatoms. The highest BCUT2D eigenvalue weighted by Gasteiger charge is 2.12. The van der Waals surface area contributed by atoms with Gasteiger partial charge in [0.1, 0.15) is 5.82 Å². The lowest BCUT2D eigenvalue weighted by Crippen LogP contribution is -2.01. The molecule has 0 radical (unpaired) electrons. The number of fused-ring (bicyclic) bond motifs is 1. The summed E-state index contributed by atoms with van der Waals surface area (Å²) in [5, 5.41) is 0. The SMILES string of the molecule is Cc1cc(-c2ncc(CCc3nccn4c(-c5ccc(F)cc5)cnc34)cc2C)ccn1. The Bertz CT molecular complexity index is 1410. The molecule has 4 heterocycles. The van der Waals surface area contributed by atoms with E-state index in [0.29, 0.717) is 0 Å². The summed E-state index contributed by atoms with van der Waals surface area (Å²) in [5.41, 5.74) is 8.91. The maximum Gasteiger partial charge on any atom is 0.159 e. The van der Waals surface area contributed by atoms with Crippen LogP contribution in [0.4, 0.5) is 4.39 Å². The fraction of sp³-hybridized carbons (Fsp3) is 0.154. The van der Waals surface area contributed by atoms with Crippen molar-refractivity contribution in [1.29, 1.82) is 0 Å². The highest BCUT2D eigenvalue weighted by Crippen LogP contribution is 2.24. The number of hydrogen-bond acceptors (Lipinski definition) is 4. The molecule has 32 heavy (non-hydrogen) atoms. The molecule has 0 fully saturated rings. The number of imidazole rings is 1. The predicted molar refractivity (Wildman–Crippen MR) is 123 cm³/mol. The van der Waals surface area contributed by atoms with Crippen molar-refractivity contribution < 1.29 is 4.39 Å². The maximum absolute atomic E-state index is 13.3. The summed E-state index contributed by atoms with van der Waals surface area (Å²) in [7, 11) is 0. The van der Waals surface area contributed by atoms with Gasteiger partial charge in [0.25, 0.3) is 0 Å². The molecule has 0 N–H and O–H groups in total. The number of pyridine rings is 2. The Morgan fingerprint density at radius 2 is 1.66 bits per heavy atom. The molecule has 0 unspecified atom stereocenters. The van der Waals surface area contributed by atoms with Crippen LogP contribution in [0.25, 0.3) is 28.2 Å². The number of aryl methyl sites for hydroxylation is 4. The molecule has 5 nitrogen and oxygen atoms in total. The second-order valence-electron chi connectivity index (χ2n) is 7.91. The first-order valence-corrected chi connectivity index (χ1v) is 10.5. The van der Waals surface area contributed by atoms with Crippen LogP contribution in [0, 0.1) is 19.7 Å². The van der Waals surface area contributed by atoms with Gasteiger partial charge in [-0.15, -0.1) is 0 Å². The summed E-state index contributed by atoms with van der Waals surface area (Å²) in [4.78, 5) is 18.1. The van der Waals surface area contributed by atoms with Crippen LogP contribution in [-0.4, -0.2) is 24.3 Å². The van der Waals surface area contributed by atoms with Gasteiger partial charge in [-0.05, 0) is 74.2 Å². The molecule has 4 aromatic heterocycles. The molecule has 0 aliphatic carbocycles. The first-order valence-electron chi connectivity index (χ1n) is 10.5. The van der Waals surface area contributed by atoms with Crippen LogP contribution < -0.4 is 0 Å². The molecule has 0 bridgehead atoms. The van der Waals surface area contributed by atoms with Crippen LogP contribution in [0.3, 0.4) is 0 Å². The molecule has 1 aromatic carbocycles. The van der Waals surface area contributed by atoms with Crippen LogP contribution >= 0.6 is 0 Å². The predicted octanol–water partition coefficient (Wildman–Crippen LogP) is 5.39. The molecule has 0 atom stereocenters. The molecule has 5 rings (SSSR count). The largest absolute Gasteiger partial charge is 0.297 e. The minimum Gasteiger partial charge on any atom is -0.297 e. The highest BCUT2D eigenvalue weighted by atomic mass is 19.1. The van der Waals surface area contributed by atoms with Crippen molar-refractivity contribution in [2.24, 2.45) is 0 Å². The summed E-state index contributed by atoms with van der Waals surface area (Å²) in [5.74, 6) is -0.251. The molecule has 0 saturated carbocycles. The van der Waals surface area contributed by atoms with E-state index in [1.165, 1.54) is 12.1 Å². The number of halogens is 1. The first-order chi connectivity index (χ1) is 15.6. The van der Waals surface area contributed by atoms with Crippen LogP contribution in [0.2, 0.25) is 0 Å². The van der Waals surface area contributed by atoms with E-state index >= 15 is 0 Å². The van der Waals surface area contributed by atoms with Gasteiger partial charge < -0.3 is 0 Å². The summed E-state index contributed by atoms with van der Waals surface area (Å²) >= 11 is 0. The number of benzene rings is 1. The number of aromatic nitrogens is 5. The van der Waals surface area contributed by atoms with Gasteiger partial charge >= 0.3 is 0 Å². The minimum absolute atomic E-state index is 0.251. The summed E-state index contributed by atoms with van der Waals surface area (Å²) in [6.45, 7) is 4.07. The molecule has 0 amide bonds. The Kier molecular flexibility index (Phi) is 5.19. The Hall–Kier alpha value is -3.93. The van der Waals surface area contributed by atoms with E-state index in [1.807, 2.05) is 42.2 Å². The smallest absolute Gasteiger partial charge is 0.159 e. The fourth-order valence-electron chi connectivity index (χ4n) is 4.01. The molecule has 5 aromatic rings. The molecule has 0 aliphatic heterocycles. The number of hydrogen-bond donors (Lipinski definition) is 0. The van der Waals surface area contributed by atoms with Gasteiger partial charge in [0.2, 0.25) is 0 Å². The summed E-state index contributed by atoms with van der Waals surface area (Å²) in [6.07, 6.45) is 10.8. The van der Waals surface area contributed by atoms with Crippen molar-refractivity contribution in [1.82, 2.24) is 24.3 Å². The van der Waals surface area contributed by atoms with Crippen LogP contribution in [0.1, 0.15) is 22.5 Å². The topological polar surface area (TPSA) is 56.0 Å². The molecule has 158 valence electrons. The summed E-state index contributed by atoms with van der Waals surface area (Å²) in [6, 6.07) is 12.7. The second-order valence-corrected chi connectivity index (χ2v) is 7.91. The van der Waals surface area contributed by atoms with E-state index in [4.69, 9.17) is 4.98 Å². The first kappa shape index (κ1) is 20.0. The zero-order valence-electron chi connectivity index (χ0n) is 18.0. The molecule has 0 aliphatic rings. The van der Waals surface area contributed by atoms with Crippen molar-refractivity contribution in [2.45, 2.75) is 26.7 Å². The van der Waals surface area contributed by atoms with Gasteiger partial charge in [-0.2, -0.15) is 0 Å². The zero-order valence-corrected chi connectivity index (χ0v) is 18.0. The minimum atomic E-state index is -0.251. The standard InChI is InChI=1S/C26H22FN5/c1-17-13-19(15-30-25(17)21-9-10-28-18(2)14-21)3-8-23-26-31-16-24(32(26)12-11-29-23)20-4-6-22(27)7-5-20/h4-7,9-16H,3,8H2,1-2H3. The van der Waals surface area contributed by atoms with Gasteiger partial charge in [-0.3, -0.25) is 19.4 Å². The van der Waals surface area contributed by atoms with Crippen LogP contribution in [-0.2, 0) is 12.8 Å². The average molecular weight is 423 g/mol. The third-order valence-corrected chi connectivity index (χ3v) is 5.60. The van der Waals surface area contributed by atoms with E-state index < -0.39 is 0 Å². The second kappa shape index (κ2) is 8.30. The van der Waals surface area contributed by atoms with E-state index in [-0.39, 0.29) is 5.82 Å². The van der Waals surface area contributed by atoms with Crippen molar-refractivity contribution >= 4 is 5.65 Å². The molecular weight excluding hydrogens is 401 g/mol. The highest BCUT2D eigenvalue weighted by molar-refractivity contribution is 5.65. The van der Waals surface area contributed by atoms with Gasteiger partial charge in [0.05, 0.1) is 23.3 Å². The Morgan fingerprint density at radius 3 is 2.44 bits per heavy atom. The lowest BCUT2D eigenvalue weighted by atomic mass is 10.0. The van der Waals surface area contributed by atoms with E-state index in [2.05, 4.69) is 34.0 Å². The fourth-order valence-corrected chi connectivity index (χ4v) is 4.01. The Morgan fingerprint density at radius 1 is 0.812 bits per heavy atom. The Labute approximate surface area is 185 Å². The third-order valence-electron chi connectivity index (χ3n) is 5.60. The van der Waals surface area contributed by atoms with Crippen LogP contribution in [0.5, 0.6) is 0 Å². The Balaban J connectivity index is 1.39. The number of rotatable bonds is 5. The average Bonchev–Trinajstić information content (AvgIpc) is 3.23.